The maximum absolute atomic E-state index is 9.11. The van der Waals surface area contributed by atoms with Crippen LogP contribution in [0.3, 0.4) is 0 Å². The number of rotatable bonds is 3. The number of benzene rings is 1. The number of aromatic nitrogens is 3. The molecule has 1 saturated carbocycles. The quantitative estimate of drug-likeness (QED) is 0.734. The van der Waals surface area contributed by atoms with E-state index < -0.39 is 0 Å². The number of nitrogens with zero attached hydrogens (tertiary/aromatic N) is 4. The molecule has 2 aromatic heterocycles. The van der Waals surface area contributed by atoms with Crippen LogP contribution in [0.2, 0.25) is 5.15 Å². The van der Waals surface area contributed by atoms with Gasteiger partial charge in [0.1, 0.15) is 11.0 Å². The molecule has 0 amide bonds. The fourth-order valence-electron chi connectivity index (χ4n) is 2.79. The molecule has 5 nitrogen and oxygen atoms in total. The average Bonchev–Trinajstić information content (AvgIpc) is 3.26. The number of aryl methyl sites for hydroxylation is 1. The highest BCUT2D eigenvalue weighted by Crippen LogP contribution is 2.42. The van der Waals surface area contributed by atoms with Crippen molar-refractivity contribution < 1.29 is 0 Å². The van der Waals surface area contributed by atoms with Crippen LogP contribution >= 0.6 is 11.6 Å². The van der Waals surface area contributed by atoms with Gasteiger partial charge in [-0.2, -0.15) is 14.9 Å². The number of hydrogen-bond donors (Lipinski definition) is 1. The largest absolute Gasteiger partial charge is 0.340 e. The number of fused-ring (bicyclic) bond motifs is 1. The summed E-state index contributed by atoms with van der Waals surface area (Å²) < 4.78 is 1.77. The predicted molar refractivity (Wildman–Crippen MR) is 89.1 cm³/mol. The number of halogens is 1. The Hall–Kier alpha value is -2.58. The lowest BCUT2D eigenvalue weighted by Crippen LogP contribution is -2.02. The van der Waals surface area contributed by atoms with Gasteiger partial charge in [-0.3, -0.25) is 0 Å². The van der Waals surface area contributed by atoms with Crippen LogP contribution in [0.15, 0.2) is 30.5 Å². The van der Waals surface area contributed by atoms with Gasteiger partial charge < -0.3 is 5.32 Å². The molecule has 1 N–H and O–H groups in total. The summed E-state index contributed by atoms with van der Waals surface area (Å²) in [7, 11) is 0. The zero-order valence-corrected chi connectivity index (χ0v) is 13.3. The molecular weight excluding hydrogens is 310 g/mol. The first-order chi connectivity index (χ1) is 11.1. The van der Waals surface area contributed by atoms with Gasteiger partial charge in [0, 0.05) is 17.3 Å². The van der Waals surface area contributed by atoms with Crippen LogP contribution in [0.5, 0.6) is 0 Å². The van der Waals surface area contributed by atoms with Gasteiger partial charge in [-0.05, 0) is 49.4 Å². The summed E-state index contributed by atoms with van der Waals surface area (Å²) >= 11 is 6.19. The lowest BCUT2D eigenvalue weighted by Gasteiger charge is -2.10. The van der Waals surface area contributed by atoms with Crippen molar-refractivity contribution in [1.29, 1.82) is 5.26 Å². The molecule has 2 heterocycles. The van der Waals surface area contributed by atoms with Crippen LogP contribution in [0.1, 0.15) is 35.4 Å². The van der Waals surface area contributed by atoms with Crippen molar-refractivity contribution in [3.63, 3.8) is 0 Å². The van der Waals surface area contributed by atoms with E-state index in [0.29, 0.717) is 16.6 Å². The third-order valence-electron chi connectivity index (χ3n) is 3.96. The minimum absolute atomic E-state index is 0.426. The minimum atomic E-state index is 0.426. The number of hydrogen-bond acceptors (Lipinski definition) is 4. The third-order valence-corrected chi connectivity index (χ3v) is 4.16. The fourth-order valence-corrected chi connectivity index (χ4v) is 2.97. The molecule has 1 aliphatic rings. The molecule has 0 bridgehead atoms. The van der Waals surface area contributed by atoms with E-state index in [0.717, 1.165) is 28.3 Å². The van der Waals surface area contributed by atoms with E-state index in [-0.39, 0.29) is 0 Å². The summed E-state index contributed by atoms with van der Waals surface area (Å²) in [5.41, 5.74) is 4.41. The highest BCUT2D eigenvalue weighted by Gasteiger charge is 2.28. The zero-order valence-electron chi connectivity index (χ0n) is 12.5. The van der Waals surface area contributed by atoms with Crippen molar-refractivity contribution in [2.75, 3.05) is 5.32 Å². The maximum Gasteiger partial charge on any atom is 0.162 e. The van der Waals surface area contributed by atoms with Crippen LogP contribution < -0.4 is 5.32 Å². The van der Waals surface area contributed by atoms with Crippen molar-refractivity contribution >= 4 is 28.8 Å². The van der Waals surface area contributed by atoms with Crippen LogP contribution in [0.25, 0.3) is 5.65 Å². The average molecular weight is 324 g/mol. The molecule has 114 valence electrons. The third kappa shape index (κ3) is 2.62. The van der Waals surface area contributed by atoms with E-state index in [1.54, 1.807) is 16.6 Å². The molecule has 0 saturated heterocycles. The lowest BCUT2D eigenvalue weighted by atomic mass is 10.1. The number of nitriles is 1. The molecule has 0 spiro atoms. The summed E-state index contributed by atoms with van der Waals surface area (Å²) in [4.78, 5) is 4.42. The van der Waals surface area contributed by atoms with Crippen LogP contribution in [-0.2, 0) is 0 Å². The molecule has 4 rings (SSSR count). The topological polar surface area (TPSA) is 66.0 Å². The molecule has 0 unspecified atom stereocenters. The van der Waals surface area contributed by atoms with Gasteiger partial charge in [0.2, 0.25) is 0 Å². The SMILES string of the molecule is Cc1cc(C#N)cc(Nc2cc(Cl)nc3c(C4CC4)cnn23)c1. The van der Waals surface area contributed by atoms with Crippen LogP contribution in [0, 0.1) is 18.3 Å². The molecule has 0 radical (unpaired) electrons. The van der Waals surface area contributed by atoms with Gasteiger partial charge >= 0.3 is 0 Å². The summed E-state index contributed by atoms with van der Waals surface area (Å²) in [6.45, 7) is 1.96. The molecule has 0 atom stereocenters. The second-order valence-electron chi connectivity index (χ2n) is 5.90. The second-order valence-corrected chi connectivity index (χ2v) is 6.29. The first-order valence-electron chi connectivity index (χ1n) is 7.47. The number of anilines is 2. The Kier molecular flexibility index (Phi) is 3.21. The monoisotopic (exact) mass is 323 g/mol. The van der Waals surface area contributed by atoms with Crippen molar-refractivity contribution in [2.24, 2.45) is 0 Å². The molecule has 0 aliphatic heterocycles. The Bertz CT molecular complexity index is 950. The van der Waals surface area contributed by atoms with E-state index in [1.165, 1.54) is 12.8 Å². The Balaban J connectivity index is 1.80. The van der Waals surface area contributed by atoms with Gasteiger partial charge in [0.25, 0.3) is 0 Å². The first-order valence-corrected chi connectivity index (χ1v) is 7.85. The molecule has 6 heteroatoms. The Morgan fingerprint density at radius 3 is 2.87 bits per heavy atom. The van der Waals surface area contributed by atoms with E-state index in [1.807, 2.05) is 25.3 Å². The summed E-state index contributed by atoms with van der Waals surface area (Å²) in [5, 5.41) is 17.3. The van der Waals surface area contributed by atoms with Crippen molar-refractivity contribution in [2.45, 2.75) is 25.7 Å². The van der Waals surface area contributed by atoms with E-state index in [2.05, 4.69) is 21.5 Å². The number of nitrogens with one attached hydrogen (secondary N) is 1. The summed E-state index contributed by atoms with van der Waals surface area (Å²) in [6.07, 6.45) is 4.24. The molecule has 3 aromatic rings. The van der Waals surface area contributed by atoms with E-state index in [4.69, 9.17) is 16.9 Å². The van der Waals surface area contributed by atoms with Crippen molar-refractivity contribution in [3.05, 3.63) is 52.3 Å². The molecule has 23 heavy (non-hydrogen) atoms. The summed E-state index contributed by atoms with van der Waals surface area (Å²) in [5.74, 6) is 1.29. The highest BCUT2D eigenvalue weighted by molar-refractivity contribution is 6.29. The Morgan fingerprint density at radius 1 is 1.30 bits per heavy atom. The fraction of sp³-hybridized carbons (Fsp3) is 0.235. The van der Waals surface area contributed by atoms with E-state index in [9.17, 15) is 0 Å². The van der Waals surface area contributed by atoms with Gasteiger partial charge in [-0.1, -0.05) is 11.6 Å². The standard InChI is InChI=1S/C17H14ClN5/c1-10-4-11(8-19)6-13(5-10)21-16-7-15(18)22-17-14(12-2-3-12)9-20-23(16)17/h4-7,9,12,21H,2-3H2,1H3. The van der Waals surface area contributed by atoms with Crippen molar-refractivity contribution in [3.8, 4) is 6.07 Å². The highest BCUT2D eigenvalue weighted by atomic mass is 35.5. The van der Waals surface area contributed by atoms with E-state index >= 15 is 0 Å². The van der Waals surface area contributed by atoms with Gasteiger partial charge in [0.05, 0.1) is 17.8 Å². The van der Waals surface area contributed by atoms with Crippen LogP contribution in [0.4, 0.5) is 11.5 Å². The van der Waals surface area contributed by atoms with Gasteiger partial charge in [0.15, 0.2) is 5.65 Å². The summed E-state index contributed by atoms with van der Waals surface area (Å²) in [6, 6.07) is 9.54. The Morgan fingerprint density at radius 2 is 2.13 bits per heavy atom. The second kappa shape index (κ2) is 5.25. The zero-order chi connectivity index (χ0) is 16.0. The minimum Gasteiger partial charge on any atom is -0.340 e. The normalized spacial score (nSPS) is 14.0. The molecule has 1 aliphatic carbocycles. The maximum atomic E-state index is 9.11. The predicted octanol–water partition coefficient (Wildman–Crippen LogP) is 4.18. The smallest absolute Gasteiger partial charge is 0.162 e. The van der Waals surface area contributed by atoms with Gasteiger partial charge in [-0.25, -0.2) is 4.98 Å². The van der Waals surface area contributed by atoms with Crippen molar-refractivity contribution in [1.82, 2.24) is 14.6 Å². The first kappa shape index (κ1) is 14.0. The Labute approximate surface area is 138 Å². The molecule has 1 fully saturated rings. The molecule has 1 aromatic carbocycles. The molecular formula is C17H14ClN5. The van der Waals surface area contributed by atoms with Gasteiger partial charge in [-0.15, -0.1) is 0 Å². The lowest BCUT2D eigenvalue weighted by molar-refractivity contribution is 0.947. The van der Waals surface area contributed by atoms with Crippen LogP contribution in [-0.4, -0.2) is 14.6 Å².